The Morgan fingerprint density at radius 3 is 2.48 bits per heavy atom. The predicted octanol–water partition coefficient (Wildman–Crippen LogP) is 3.71. The van der Waals surface area contributed by atoms with Gasteiger partial charge in [0.05, 0.1) is 11.3 Å². The number of nitrogens with one attached hydrogen (secondary N) is 1. The molecular formula is C16H15F2NO2. The van der Waals surface area contributed by atoms with Crippen LogP contribution in [0.4, 0.5) is 14.5 Å². The van der Waals surface area contributed by atoms with Gasteiger partial charge in [-0.15, -0.1) is 0 Å². The zero-order valence-electron chi connectivity index (χ0n) is 11.4. The maximum Gasteiger partial charge on any atom is 0.337 e. The van der Waals surface area contributed by atoms with E-state index in [9.17, 15) is 13.6 Å². The van der Waals surface area contributed by atoms with E-state index in [-0.39, 0.29) is 23.1 Å². The zero-order chi connectivity index (χ0) is 15.4. The fourth-order valence-corrected chi connectivity index (χ4v) is 2.12. The summed E-state index contributed by atoms with van der Waals surface area (Å²) in [6.45, 7) is 1.81. The number of carboxylic acid groups (broad SMARTS) is 1. The number of rotatable bonds is 5. The molecule has 110 valence electrons. The molecule has 0 aliphatic heterocycles. The first-order valence-electron chi connectivity index (χ1n) is 6.50. The summed E-state index contributed by atoms with van der Waals surface area (Å²) in [4.78, 5) is 11.1. The number of hydrogen-bond acceptors (Lipinski definition) is 2. The summed E-state index contributed by atoms with van der Waals surface area (Å²) in [5.41, 5.74) is 0.741. The Bertz CT molecular complexity index is 641. The monoisotopic (exact) mass is 291 g/mol. The number of aromatic carboxylic acids is 1. The number of carboxylic acids is 1. The van der Waals surface area contributed by atoms with Gasteiger partial charge >= 0.3 is 5.97 Å². The molecule has 0 saturated heterocycles. The molecule has 21 heavy (non-hydrogen) atoms. The van der Waals surface area contributed by atoms with Crippen LogP contribution in [0.1, 0.15) is 22.8 Å². The lowest BCUT2D eigenvalue weighted by atomic mass is 10.1. The number of benzene rings is 2. The molecule has 2 rings (SSSR count). The van der Waals surface area contributed by atoms with Crippen LogP contribution >= 0.6 is 0 Å². The van der Waals surface area contributed by atoms with E-state index in [4.69, 9.17) is 5.11 Å². The minimum atomic E-state index is -1.19. The second kappa shape index (κ2) is 6.35. The van der Waals surface area contributed by atoms with Gasteiger partial charge < -0.3 is 10.4 Å². The van der Waals surface area contributed by atoms with Gasteiger partial charge in [-0.25, -0.2) is 13.6 Å². The van der Waals surface area contributed by atoms with Crippen molar-refractivity contribution in [2.45, 2.75) is 19.4 Å². The largest absolute Gasteiger partial charge is 0.478 e. The van der Waals surface area contributed by atoms with Gasteiger partial charge in [-0.1, -0.05) is 18.2 Å². The highest BCUT2D eigenvalue weighted by atomic mass is 19.1. The zero-order valence-corrected chi connectivity index (χ0v) is 11.4. The average molecular weight is 291 g/mol. The third kappa shape index (κ3) is 3.78. The molecule has 0 amide bonds. The van der Waals surface area contributed by atoms with Gasteiger partial charge in [-0.2, -0.15) is 0 Å². The standard InChI is InChI=1S/C16H15F2NO2/c1-10(9-11-5-7-12(17)8-6-11)19-15-13(16(20)21)3-2-4-14(15)18/h2-8,10,19H,9H2,1H3,(H,20,21). The molecule has 0 aromatic heterocycles. The summed E-state index contributed by atoms with van der Waals surface area (Å²) in [7, 11) is 0. The lowest BCUT2D eigenvalue weighted by Crippen LogP contribution is -2.21. The van der Waals surface area contributed by atoms with Gasteiger partial charge in [-0.05, 0) is 43.2 Å². The van der Waals surface area contributed by atoms with Crippen molar-refractivity contribution in [3.63, 3.8) is 0 Å². The summed E-state index contributed by atoms with van der Waals surface area (Å²) < 4.78 is 26.6. The maximum atomic E-state index is 13.8. The molecule has 1 atom stereocenters. The third-order valence-electron chi connectivity index (χ3n) is 3.09. The van der Waals surface area contributed by atoms with Crippen LogP contribution in [-0.4, -0.2) is 17.1 Å². The predicted molar refractivity (Wildman–Crippen MR) is 76.5 cm³/mol. The Labute approximate surface area is 121 Å². The highest BCUT2D eigenvalue weighted by Crippen LogP contribution is 2.21. The minimum Gasteiger partial charge on any atom is -0.478 e. The van der Waals surface area contributed by atoms with E-state index in [2.05, 4.69) is 5.32 Å². The van der Waals surface area contributed by atoms with Crippen LogP contribution in [0.25, 0.3) is 0 Å². The Morgan fingerprint density at radius 1 is 1.19 bits per heavy atom. The lowest BCUT2D eigenvalue weighted by Gasteiger charge is -2.17. The van der Waals surface area contributed by atoms with Gasteiger partial charge in [0.15, 0.2) is 0 Å². The Balaban J connectivity index is 2.14. The summed E-state index contributed by atoms with van der Waals surface area (Å²) in [6, 6.07) is 9.71. The second-order valence-electron chi connectivity index (χ2n) is 4.84. The first kappa shape index (κ1) is 15.0. The maximum absolute atomic E-state index is 13.8. The highest BCUT2D eigenvalue weighted by molar-refractivity contribution is 5.94. The lowest BCUT2D eigenvalue weighted by molar-refractivity contribution is 0.0697. The molecule has 1 unspecified atom stereocenters. The molecule has 0 aliphatic rings. The fraction of sp³-hybridized carbons (Fsp3) is 0.188. The highest BCUT2D eigenvalue weighted by Gasteiger charge is 2.16. The van der Waals surface area contributed by atoms with E-state index in [1.165, 1.54) is 30.3 Å². The molecule has 0 spiro atoms. The molecule has 2 N–H and O–H groups in total. The van der Waals surface area contributed by atoms with Crippen molar-refractivity contribution in [1.82, 2.24) is 0 Å². The molecule has 0 saturated carbocycles. The van der Waals surface area contributed by atoms with Crippen molar-refractivity contribution < 1.29 is 18.7 Å². The first-order valence-corrected chi connectivity index (χ1v) is 6.50. The van der Waals surface area contributed by atoms with Crippen LogP contribution in [0.15, 0.2) is 42.5 Å². The van der Waals surface area contributed by atoms with Gasteiger partial charge in [0.2, 0.25) is 0 Å². The Kier molecular flexibility index (Phi) is 4.52. The van der Waals surface area contributed by atoms with Crippen LogP contribution in [0.5, 0.6) is 0 Å². The number of halogens is 2. The van der Waals surface area contributed by atoms with Crippen LogP contribution < -0.4 is 5.32 Å². The summed E-state index contributed by atoms with van der Waals surface area (Å²) >= 11 is 0. The van der Waals surface area contributed by atoms with E-state index in [1.807, 2.05) is 0 Å². The average Bonchev–Trinajstić information content (AvgIpc) is 2.43. The van der Waals surface area contributed by atoms with E-state index in [0.717, 1.165) is 5.56 Å². The van der Waals surface area contributed by atoms with Crippen molar-refractivity contribution in [1.29, 1.82) is 0 Å². The molecule has 0 fully saturated rings. The van der Waals surface area contributed by atoms with Crippen LogP contribution in [0, 0.1) is 11.6 Å². The van der Waals surface area contributed by atoms with E-state index in [0.29, 0.717) is 6.42 Å². The van der Waals surface area contributed by atoms with Crippen molar-refractivity contribution in [2.75, 3.05) is 5.32 Å². The Hall–Kier alpha value is -2.43. The number of anilines is 1. The van der Waals surface area contributed by atoms with E-state index in [1.54, 1.807) is 19.1 Å². The van der Waals surface area contributed by atoms with Crippen LogP contribution in [0.3, 0.4) is 0 Å². The number of carbonyl (C=O) groups is 1. The van der Waals surface area contributed by atoms with Crippen LogP contribution in [0.2, 0.25) is 0 Å². The summed E-state index contributed by atoms with van der Waals surface area (Å²) in [6.07, 6.45) is 0.522. The normalized spacial score (nSPS) is 12.0. The van der Waals surface area contributed by atoms with Crippen molar-refractivity contribution >= 4 is 11.7 Å². The second-order valence-corrected chi connectivity index (χ2v) is 4.84. The Morgan fingerprint density at radius 2 is 1.86 bits per heavy atom. The first-order chi connectivity index (χ1) is 9.97. The minimum absolute atomic E-state index is 0.0281. The fourth-order valence-electron chi connectivity index (χ4n) is 2.12. The smallest absolute Gasteiger partial charge is 0.337 e. The molecule has 5 heteroatoms. The van der Waals surface area contributed by atoms with Gasteiger partial charge in [0.1, 0.15) is 11.6 Å². The number of hydrogen-bond donors (Lipinski definition) is 2. The molecule has 3 nitrogen and oxygen atoms in total. The van der Waals surface area contributed by atoms with Gasteiger partial charge in [0.25, 0.3) is 0 Å². The molecule has 2 aromatic carbocycles. The molecule has 0 bridgehead atoms. The topological polar surface area (TPSA) is 49.3 Å². The third-order valence-corrected chi connectivity index (χ3v) is 3.09. The van der Waals surface area contributed by atoms with Crippen molar-refractivity contribution in [3.8, 4) is 0 Å². The van der Waals surface area contributed by atoms with Gasteiger partial charge in [-0.3, -0.25) is 0 Å². The summed E-state index contributed by atoms with van der Waals surface area (Å²) in [5.74, 6) is -2.12. The van der Waals surface area contributed by atoms with Crippen molar-refractivity contribution in [3.05, 3.63) is 65.2 Å². The van der Waals surface area contributed by atoms with E-state index >= 15 is 0 Å². The molecule has 2 aromatic rings. The van der Waals surface area contributed by atoms with Crippen LogP contribution in [-0.2, 0) is 6.42 Å². The molecule has 0 aliphatic carbocycles. The van der Waals surface area contributed by atoms with Gasteiger partial charge in [0, 0.05) is 6.04 Å². The summed E-state index contributed by atoms with van der Waals surface area (Å²) in [5, 5.41) is 11.9. The number of para-hydroxylation sites is 1. The molecular weight excluding hydrogens is 276 g/mol. The SMILES string of the molecule is CC(Cc1ccc(F)cc1)Nc1c(F)cccc1C(=O)O. The van der Waals surface area contributed by atoms with Crippen molar-refractivity contribution in [2.24, 2.45) is 0 Å². The molecule has 0 radical (unpaired) electrons. The molecule has 0 heterocycles. The van der Waals surface area contributed by atoms with E-state index < -0.39 is 11.8 Å². The quantitative estimate of drug-likeness (QED) is 0.883.